The third kappa shape index (κ3) is 4.04. The van der Waals surface area contributed by atoms with Gasteiger partial charge in [-0.25, -0.2) is 8.42 Å². The van der Waals surface area contributed by atoms with Gasteiger partial charge < -0.3 is 5.32 Å². The third-order valence-electron chi connectivity index (χ3n) is 6.34. The minimum Gasteiger partial charge on any atom is -0.352 e. The Kier molecular flexibility index (Phi) is 5.63. The van der Waals surface area contributed by atoms with Crippen LogP contribution in [0.25, 0.3) is 0 Å². The molecule has 2 aliphatic carbocycles. The largest absolute Gasteiger partial charge is 0.352 e. The van der Waals surface area contributed by atoms with Crippen LogP contribution in [-0.2, 0) is 21.2 Å². The predicted octanol–water partition coefficient (Wildman–Crippen LogP) is 3.75. The zero-order valence-corrected chi connectivity index (χ0v) is 17.6. The molecule has 2 fully saturated rings. The maximum atomic E-state index is 13.4. The summed E-state index contributed by atoms with van der Waals surface area (Å²) in [5, 5.41) is 3.13. The molecule has 2 bridgehead atoms. The molecule has 1 N–H and O–H groups in total. The Labute approximate surface area is 173 Å². The molecule has 5 nitrogen and oxygen atoms in total. The van der Waals surface area contributed by atoms with Crippen molar-refractivity contribution in [2.75, 3.05) is 10.8 Å². The summed E-state index contributed by atoms with van der Waals surface area (Å²) < 4.78 is 28.2. The van der Waals surface area contributed by atoms with Crippen molar-refractivity contribution >= 4 is 21.6 Å². The first-order chi connectivity index (χ1) is 14.0. The highest BCUT2D eigenvalue weighted by molar-refractivity contribution is 7.92. The fraction of sp³-hybridized carbons (Fsp3) is 0.435. The number of hydrogen-bond acceptors (Lipinski definition) is 3. The van der Waals surface area contributed by atoms with Gasteiger partial charge in [0.05, 0.1) is 10.6 Å². The van der Waals surface area contributed by atoms with Gasteiger partial charge in [-0.1, -0.05) is 49.7 Å². The first kappa shape index (κ1) is 20.0. The van der Waals surface area contributed by atoms with Crippen LogP contribution in [0.3, 0.4) is 0 Å². The fourth-order valence-corrected chi connectivity index (χ4v) is 6.36. The average Bonchev–Trinajstić information content (AvgIpc) is 3.36. The first-order valence-electron chi connectivity index (χ1n) is 10.4. The van der Waals surface area contributed by atoms with E-state index in [9.17, 15) is 13.2 Å². The molecule has 6 heteroatoms. The smallest absolute Gasteiger partial charge is 0.264 e. The molecular formula is C23H28N2O3S. The standard InChI is InChI=1S/C23H28N2O3S/c1-2-18-8-6-7-11-22(18)25(29(27,28)20-9-4-3-5-10-20)16-23(26)24-21-15-17-12-13-19(21)14-17/h3-11,17,19,21H,2,12-16H2,1H3,(H,24,26)/t17-,19+,21-/m1/s1. The van der Waals surface area contributed by atoms with E-state index in [1.807, 2.05) is 25.1 Å². The van der Waals surface area contributed by atoms with Gasteiger partial charge in [0.15, 0.2) is 0 Å². The second kappa shape index (κ2) is 8.19. The number of carbonyl (C=O) groups is 1. The number of carbonyl (C=O) groups excluding carboxylic acids is 1. The maximum Gasteiger partial charge on any atom is 0.264 e. The van der Waals surface area contributed by atoms with Crippen LogP contribution in [0.15, 0.2) is 59.5 Å². The van der Waals surface area contributed by atoms with Gasteiger partial charge in [0.25, 0.3) is 10.0 Å². The number of para-hydroxylation sites is 1. The zero-order valence-electron chi connectivity index (χ0n) is 16.8. The van der Waals surface area contributed by atoms with E-state index in [0.29, 0.717) is 18.0 Å². The van der Waals surface area contributed by atoms with Gasteiger partial charge in [-0.3, -0.25) is 9.10 Å². The van der Waals surface area contributed by atoms with Crippen molar-refractivity contribution in [1.29, 1.82) is 0 Å². The number of rotatable bonds is 7. The number of nitrogens with zero attached hydrogens (tertiary/aromatic N) is 1. The highest BCUT2D eigenvalue weighted by Crippen LogP contribution is 2.44. The predicted molar refractivity (Wildman–Crippen MR) is 114 cm³/mol. The third-order valence-corrected chi connectivity index (χ3v) is 8.12. The van der Waals surface area contributed by atoms with Crippen LogP contribution in [-0.4, -0.2) is 26.9 Å². The van der Waals surface area contributed by atoms with Crippen LogP contribution in [0.2, 0.25) is 0 Å². The number of hydrogen-bond donors (Lipinski definition) is 1. The first-order valence-corrected chi connectivity index (χ1v) is 11.9. The van der Waals surface area contributed by atoms with Crippen LogP contribution < -0.4 is 9.62 Å². The molecule has 29 heavy (non-hydrogen) atoms. The van der Waals surface area contributed by atoms with Crippen molar-refractivity contribution in [3.63, 3.8) is 0 Å². The van der Waals surface area contributed by atoms with Crippen molar-refractivity contribution in [3.8, 4) is 0 Å². The van der Waals surface area contributed by atoms with E-state index in [1.54, 1.807) is 36.4 Å². The number of nitrogens with one attached hydrogen (secondary N) is 1. The van der Waals surface area contributed by atoms with Crippen molar-refractivity contribution in [1.82, 2.24) is 5.32 Å². The van der Waals surface area contributed by atoms with E-state index in [4.69, 9.17) is 0 Å². The molecule has 2 saturated carbocycles. The normalized spacial score (nSPS) is 23.1. The lowest BCUT2D eigenvalue weighted by Gasteiger charge is -2.28. The van der Waals surface area contributed by atoms with Gasteiger partial charge in [-0.2, -0.15) is 0 Å². The van der Waals surface area contributed by atoms with Gasteiger partial charge in [0.1, 0.15) is 6.54 Å². The van der Waals surface area contributed by atoms with Gasteiger partial charge >= 0.3 is 0 Å². The Morgan fingerprint density at radius 3 is 2.41 bits per heavy atom. The number of sulfonamides is 1. The number of benzene rings is 2. The minimum atomic E-state index is -3.85. The number of anilines is 1. The number of fused-ring (bicyclic) bond motifs is 2. The van der Waals surface area contributed by atoms with Crippen molar-refractivity contribution in [2.45, 2.75) is 50.0 Å². The van der Waals surface area contributed by atoms with Gasteiger partial charge in [-0.15, -0.1) is 0 Å². The highest BCUT2D eigenvalue weighted by atomic mass is 32.2. The minimum absolute atomic E-state index is 0.184. The molecule has 2 aliphatic rings. The lowest BCUT2D eigenvalue weighted by molar-refractivity contribution is -0.120. The van der Waals surface area contributed by atoms with Crippen LogP contribution in [0.5, 0.6) is 0 Å². The molecule has 0 unspecified atom stereocenters. The summed E-state index contributed by atoms with van der Waals surface area (Å²) in [6.45, 7) is 1.78. The molecule has 0 heterocycles. The molecule has 0 saturated heterocycles. The van der Waals surface area contributed by atoms with Crippen molar-refractivity contribution < 1.29 is 13.2 Å². The molecule has 0 aromatic heterocycles. The van der Waals surface area contributed by atoms with E-state index >= 15 is 0 Å². The highest BCUT2D eigenvalue weighted by Gasteiger charge is 2.40. The molecule has 2 aromatic rings. The van der Waals surface area contributed by atoms with Crippen molar-refractivity contribution in [2.24, 2.45) is 11.8 Å². The van der Waals surface area contributed by atoms with Crippen LogP contribution >= 0.6 is 0 Å². The molecular weight excluding hydrogens is 384 g/mol. The lowest BCUT2D eigenvalue weighted by atomic mass is 9.95. The second-order valence-corrected chi connectivity index (χ2v) is 10.0. The Morgan fingerprint density at radius 2 is 1.76 bits per heavy atom. The maximum absolute atomic E-state index is 13.4. The van der Waals surface area contributed by atoms with Gasteiger partial charge in [-0.05, 0) is 61.3 Å². The van der Waals surface area contributed by atoms with Gasteiger partial charge in [0, 0.05) is 6.04 Å². The van der Waals surface area contributed by atoms with E-state index in [1.165, 1.54) is 23.6 Å². The molecule has 0 aliphatic heterocycles. The Morgan fingerprint density at radius 1 is 1.03 bits per heavy atom. The SMILES string of the molecule is CCc1ccccc1N(CC(=O)N[C@@H]1C[C@@H]2CC[C@H]1C2)S(=O)(=O)c1ccccc1. The summed E-state index contributed by atoms with van der Waals surface area (Å²) in [5.74, 6) is 1.04. The summed E-state index contributed by atoms with van der Waals surface area (Å²) in [4.78, 5) is 13.1. The Balaban J connectivity index is 1.62. The summed E-state index contributed by atoms with van der Waals surface area (Å²) >= 11 is 0. The van der Waals surface area contributed by atoms with E-state index in [-0.39, 0.29) is 23.4 Å². The second-order valence-electron chi connectivity index (χ2n) is 8.16. The number of amides is 1. The molecule has 4 rings (SSSR count). The van der Waals surface area contributed by atoms with E-state index in [0.717, 1.165) is 17.9 Å². The monoisotopic (exact) mass is 412 g/mol. The quantitative estimate of drug-likeness (QED) is 0.753. The molecule has 154 valence electrons. The fourth-order valence-electron chi connectivity index (χ4n) is 4.88. The summed E-state index contributed by atoms with van der Waals surface area (Å²) in [5.41, 5.74) is 1.47. The number of aryl methyl sites for hydroxylation is 1. The average molecular weight is 413 g/mol. The van der Waals surface area contributed by atoms with Crippen LogP contribution in [0.4, 0.5) is 5.69 Å². The van der Waals surface area contributed by atoms with Gasteiger partial charge in [0.2, 0.25) is 5.91 Å². The van der Waals surface area contributed by atoms with Crippen LogP contribution in [0, 0.1) is 11.8 Å². The molecule has 2 aromatic carbocycles. The zero-order chi connectivity index (χ0) is 20.4. The molecule has 0 radical (unpaired) electrons. The van der Waals surface area contributed by atoms with Crippen LogP contribution in [0.1, 0.15) is 38.2 Å². The Bertz CT molecular complexity index is 975. The lowest BCUT2D eigenvalue weighted by Crippen LogP contribution is -2.46. The molecule has 0 spiro atoms. The van der Waals surface area contributed by atoms with E-state index in [2.05, 4.69) is 5.32 Å². The molecule has 3 atom stereocenters. The van der Waals surface area contributed by atoms with E-state index < -0.39 is 10.0 Å². The summed E-state index contributed by atoms with van der Waals surface area (Å²) in [6.07, 6.45) is 5.32. The Hall–Kier alpha value is -2.34. The van der Waals surface area contributed by atoms with Crippen molar-refractivity contribution in [3.05, 3.63) is 60.2 Å². The topological polar surface area (TPSA) is 66.5 Å². The summed E-state index contributed by atoms with van der Waals surface area (Å²) in [7, 11) is -3.85. The molecule has 1 amide bonds. The summed E-state index contributed by atoms with van der Waals surface area (Å²) in [6, 6.07) is 15.9.